The van der Waals surface area contributed by atoms with Crippen molar-refractivity contribution in [1.29, 1.82) is 0 Å². The van der Waals surface area contributed by atoms with E-state index in [2.05, 4.69) is 58.0 Å². The summed E-state index contributed by atoms with van der Waals surface area (Å²) in [4.78, 5) is 12.2. The fraction of sp³-hybridized carbons (Fsp3) is 0.675. The van der Waals surface area contributed by atoms with Crippen LogP contribution in [0.5, 0.6) is 5.75 Å². The van der Waals surface area contributed by atoms with Crippen molar-refractivity contribution in [2.45, 2.75) is 156 Å². The Balaban J connectivity index is 1.30. The molecule has 0 heterocycles. The molecule has 2 nitrogen and oxygen atoms in total. The molecular weight excluding hydrogens is 512 g/mol. The van der Waals surface area contributed by atoms with Crippen molar-refractivity contribution in [3.8, 4) is 16.9 Å². The van der Waals surface area contributed by atoms with Gasteiger partial charge < -0.3 is 4.74 Å². The van der Waals surface area contributed by atoms with Crippen LogP contribution in [0.1, 0.15) is 160 Å². The number of carbonyl (C=O) groups is 1. The molecule has 2 saturated carbocycles. The third kappa shape index (κ3) is 8.96. The number of carbonyl (C=O) groups excluding carboxylic acids is 1. The molecule has 0 aromatic heterocycles. The van der Waals surface area contributed by atoms with E-state index in [1.165, 1.54) is 125 Å². The second-order valence-corrected chi connectivity index (χ2v) is 14.0. The van der Waals surface area contributed by atoms with Gasteiger partial charge in [0.25, 0.3) is 0 Å². The van der Waals surface area contributed by atoms with Crippen LogP contribution >= 0.6 is 0 Å². The Hall–Kier alpha value is -2.09. The Labute approximate surface area is 258 Å². The predicted molar refractivity (Wildman–Crippen MR) is 179 cm³/mol. The largest absolute Gasteiger partial charge is 0.427 e. The molecule has 0 spiro atoms. The van der Waals surface area contributed by atoms with Gasteiger partial charge in [-0.15, -0.1) is 0 Å². The van der Waals surface area contributed by atoms with Crippen LogP contribution in [0.15, 0.2) is 42.5 Å². The maximum absolute atomic E-state index is 12.2. The summed E-state index contributed by atoms with van der Waals surface area (Å²) < 4.78 is 5.59. The molecule has 0 amide bonds. The predicted octanol–water partition coefficient (Wildman–Crippen LogP) is 12.4. The van der Waals surface area contributed by atoms with E-state index in [1.54, 1.807) is 0 Å². The Morgan fingerprint density at radius 1 is 0.810 bits per heavy atom. The molecule has 2 aliphatic rings. The minimum Gasteiger partial charge on any atom is -0.427 e. The van der Waals surface area contributed by atoms with Crippen molar-refractivity contribution < 1.29 is 9.53 Å². The monoisotopic (exact) mass is 572 g/mol. The zero-order chi connectivity index (χ0) is 29.8. The fourth-order valence-electron chi connectivity index (χ4n) is 8.47. The summed E-state index contributed by atoms with van der Waals surface area (Å²) in [6, 6.07) is 15.1. The summed E-state index contributed by atoms with van der Waals surface area (Å²) in [5, 5.41) is 0. The second-order valence-electron chi connectivity index (χ2n) is 14.0. The quantitative estimate of drug-likeness (QED) is 0.120. The molecular formula is C40H60O2. The van der Waals surface area contributed by atoms with Crippen LogP contribution in [-0.2, 0) is 4.79 Å². The van der Waals surface area contributed by atoms with Gasteiger partial charge in [-0.25, -0.2) is 0 Å². The molecule has 2 aromatic rings. The zero-order valence-corrected chi connectivity index (χ0v) is 27.5. The molecule has 2 aromatic carbocycles. The highest BCUT2D eigenvalue weighted by atomic mass is 16.5. The molecule has 0 bridgehead atoms. The Morgan fingerprint density at radius 3 is 2.12 bits per heavy atom. The smallest absolute Gasteiger partial charge is 0.311 e. The first-order valence-electron chi connectivity index (χ1n) is 17.9. The molecule has 2 fully saturated rings. The van der Waals surface area contributed by atoms with Crippen LogP contribution in [0.4, 0.5) is 0 Å². The van der Waals surface area contributed by atoms with Crippen LogP contribution < -0.4 is 4.74 Å². The van der Waals surface area contributed by atoms with Crippen molar-refractivity contribution in [3.63, 3.8) is 0 Å². The van der Waals surface area contributed by atoms with Gasteiger partial charge in [0.2, 0.25) is 0 Å². The average Bonchev–Trinajstić information content (AvgIpc) is 3.01. The highest BCUT2D eigenvalue weighted by Gasteiger charge is 2.41. The number of benzene rings is 2. The zero-order valence-electron chi connectivity index (χ0n) is 27.5. The first kappa shape index (κ1) is 32.8. The van der Waals surface area contributed by atoms with E-state index in [9.17, 15) is 4.79 Å². The van der Waals surface area contributed by atoms with Gasteiger partial charge >= 0.3 is 5.97 Å². The lowest BCUT2D eigenvalue weighted by molar-refractivity contribution is -0.134. The molecule has 2 aliphatic carbocycles. The highest BCUT2D eigenvalue weighted by Crippen LogP contribution is 2.53. The number of hydrogen-bond acceptors (Lipinski definition) is 2. The minimum atomic E-state index is -0.118. The molecule has 1 unspecified atom stereocenters. The molecule has 0 radical (unpaired) electrons. The fourth-order valence-corrected chi connectivity index (χ4v) is 8.47. The molecule has 2 heteroatoms. The molecule has 4 rings (SSSR count). The standard InChI is InChI=1S/C40H60O2/c1-5-7-9-10-12-16-39(41)42-37-24-19-34(20-25-37)35-21-26-38(31(3)30-35)32(4)33-17-22-36(23-18-33)40(27-13-8-6-2)28-14-11-15-29-40/h19-21,24-26,30,32-33,36H,5-18,22-23,27-29H2,1-4H3/t32?,33-,36-. The third-order valence-corrected chi connectivity index (χ3v) is 11.1. The number of aryl methyl sites for hydroxylation is 1. The Kier molecular flexibility index (Phi) is 13.0. The van der Waals surface area contributed by atoms with Gasteiger partial charge in [0.1, 0.15) is 5.75 Å². The van der Waals surface area contributed by atoms with E-state index in [0.717, 1.165) is 24.7 Å². The first-order valence-corrected chi connectivity index (χ1v) is 17.9. The van der Waals surface area contributed by atoms with E-state index >= 15 is 0 Å². The Morgan fingerprint density at radius 2 is 1.45 bits per heavy atom. The number of unbranched alkanes of at least 4 members (excludes halogenated alkanes) is 6. The van der Waals surface area contributed by atoms with Crippen molar-refractivity contribution in [2.75, 3.05) is 0 Å². The summed E-state index contributed by atoms with van der Waals surface area (Å²) in [7, 11) is 0. The molecule has 0 N–H and O–H groups in total. The summed E-state index contributed by atoms with van der Waals surface area (Å²) in [5.74, 6) is 2.92. The normalized spacial score (nSPS) is 21.1. The summed E-state index contributed by atoms with van der Waals surface area (Å²) in [6.07, 6.45) is 25.0. The van der Waals surface area contributed by atoms with E-state index in [1.807, 2.05) is 12.1 Å². The average molecular weight is 573 g/mol. The second kappa shape index (κ2) is 16.7. The summed E-state index contributed by atoms with van der Waals surface area (Å²) in [6.45, 7) is 9.34. The van der Waals surface area contributed by atoms with Gasteiger partial charge in [-0.2, -0.15) is 0 Å². The van der Waals surface area contributed by atoms with Crippen molar-refractivity contribution in [1.82, 2.24) is 0 Å². The molecule has 0 aliphatic heterocycles. The summed E-state index contributed by atoms with van der Waals surface area (Å²) in [5.41, 5.74) is 6.03. The maximum atomic E-state index is 12.2. The van der Waals surface area contributed by atoms with Gasteiger partial charge in [0.05, 0.1) is 0 Å². The number of hydrogen-bond donors (Lipinski definition) is 0. The van der Waals surface area contributed by atoms with Gasteiger partial charge in [0, 0.05) is 6.42 Å². The first-order chi connectivity index (χ1) is 20.5. The van der Waals surface area contributed by atoms with Gasteiger partial charge in [-0.1, -0.05) is 115 Å². The minimum absolute atomic E-state index is 0.118. The molecule has 1 atom stereocenters. The van der Waals surface area contributed by atoms with Crippen molar-refractivity contribution in [2.24, 2.45) is 17.3 Å². The molecule has 42 heavy (non-hydrogen) atoms. The lowest BCUT2D eigenvalue weighted by Crippen LogP contribution is -2.36. The van der Waals surface area contributed by atoms with E-state index in [-0.39, 0.29) is 5.97 Å². The van der Waals surface area contributed by atoms with Crippen molar-refractivity contribution >= 4 is 5.97 Å². The van der Waals surface area contributed by atoms with Gasteiger partial charge in [-0.05, 0) is 116 Å². The lowest BCUT2D eigenvalue weighted by Gasteiger charge is -2.47. The van der Waals surface area contributed by atoms with Crippen LogP contribution in [0.3, 0.4) is 0 Å². The Bertz CT molecular complexity index is 1070. The summed E-state index contributed by atoms with van der Waals surface area (Å²) >= 11 is 0. The van der Waals surface area contributed by atoms with Crippen LogP contribution in [0.25, 0.3) is 11.1 Å². The van der Waals surface area contributed by atoms with Gasteiger partial charge in [0.15, 0.2) is 0 Å². The van der Waals surface area contributed by atoms with Crippen molar-refractivity contribution in [3.05, 3.63) is 53.6 Å². The van der Waals surface area contributed by atoms with Crippen LogP contribution in [0.2, 0.25) is 0 Å². The van der Waals surface area contributed by atoms with Crippen LogP contribution in [0, 0.1) is 24.2 Å². The number of esters is 1. The third-order valence-electron chi connectivity index (χ3n) is 11.1. The topological polar surface area (TPSA) is 26.3 Å². The maximum Gasteiger partial charge on any atom is 0.311 e. The molecule has 0 saturated heterocycles. The van der Waals surface area contributed by atoms with E-state index < -0.39 is 0 Å². The lowest BCUT2D eigenvalue weighted by atomic mass is 9.58. The molecule has 232 valence electrons. The van der Waals surface area contributed by atoms with Gasteiger partial charge in [-0.3, -0.25) is 4.79 Å². The number of rotatable bonds is 15. The van der Waals surface area contributed by atoms with Crippen LogP contribution in [-0.4, -0.2) is 5.97 Å². The highest BCUT2D eigenvalue weighted by molar-refractivity contribution is 5.73. The number of ether oxygens (including phenoxy) is 1. The van der Waals surface area contributed by atoms with E-state index in [4.69, 9.17) is 4.74 Å². The van der Waals surface area contributed by atoms with E-state index in [0.29, 0.717) is 23.5 Å². The SMILES string of the molecule is CCCCCCCC(=O)Oc1ccc(-c2ccc(C(C)[C@H]3CC[C@H](C4(CCCCC)CCCCC4)CC3)c(C)c2)cc1.